The normalized spacial score (nSPS) is 28.8. The first kappa shape index (κ1) is 17.9. The van der Waals surface area contributed by atoms with E-state index in [1.807, 2.05) is 23.1 Å². The van der Waals surface area contributed by atoms with Crippen LogP contribution in [0.5, 0.6) is 0 Å². The van der Waals surface area contributed by atoms with Crippen molar-refractivity contribution in [2.75, 3.05) is 26.2 Å². The van der Waals surface area contributed by atoms with Crippen LogP contribution in [0.2, 0.25) is 0 Å². The third kappa shape index (κ3) is 3.24. The van der Waals surface area contributed by atoms with E-state index in [1.165, 1.54) is 49.2 Å². The maximum Gasteiger partial charge on any atom is 0.223 e. The van der Waals surface area contributed by atoms with Crippen LogP contribution >= 0.6 is 0 Å². The first-order chi connectivity index (χ1) is 13.7. The molecule has 3 nitrogen and oxygen atoms in total. The van der Waals surface area contributed by atoms with Gasteiger partial charge in [-0.3, -0.25) is 4.79 Å². The van der Waals surface area contributed by atoms with Crippen LogP contribution in [-0.2, 0) is 11.2 Å². The summed E-state index contributed by atoms with van der Waals surface area (Å²) in [5, 5.41) is 0. The molecule has 4 heteroatoms. The second-order valence-electron chi connectivity index (χ2n) is 8.59. The van der Waals surface area contributed by atoms with Gasteiger partial charge < -0.3 is 9.80 Å². The van der Waals surface area contributed by atoms with E-state index >= 15 is 0 Å². The number of piperidine rings is 3. The summed E-state index contributed by atoms with van der Waals surface area (Å²) >= 11 is 0. The van der Waals surface area contributed by atoms with Gasteiger partial charge in [0.1, 0.15) is 5.82 Å². The second-order valence-corrected chi connectivity index (χ2v) is 8.59. The van der Waals surface area contributed by atoms with Crippen LogP contribution in [0.4, 0.5) is 4.39 Å². The quantitative estimate of drug-likeness (QED) is 0.805. The molecule has 2 bridgehead atoms. The standard InChI is InChI=1S/C24H27FN2O/c25-21-7-5-19(6-8-21)24-22-4-2-1-3-18(22)11-14-27(24)23(28)15-20-16-26-12-9-17(20)10-13-26/h1-8,17,20,24H,9-16H2/t20-,24+/m1/s1. The average molecular weight is 378 g/mol. The molecule has 0 aromatic heterocycles. The lowest BCUT2D eigenvalue weighted by atomic mass is 9.77. The minimum Gasteiger partial charge on any atom is -0.331 e. The number of nitrogens with zero attached hydrogens (tertiary/aromatic N) is 2. The second kappa shape index (κ2) is 7.32. The van der Waals surface area contributed by atoms with E-state index in [0.29, 0.717) is 18.3 Å². The summed E-state index contributed by atoms with van der Waals surface area (Å²) in [5.41, 5.74) is 3.47. The number of halogens is 1. The zero-order chi connectivity index (χ0) is 19.1. The molecule has 0 aliphatic carbocycles. The van der Waals surface area contributed by atoms with Crippen molar-refractivity contribution in [1.29, 1.82) is 0 Å². The van der Waals surface area contributed by atoms with Gasteiger partial charge in [0, 0.05) is 19.5 Å². The largest absolute Gasteiger partial charge is 0.331 e. The number of carbonyl (C=O) groups excluding carboxylic acids is 1. The Balaban J connectivity index is 1.43. The van der Waals surface area contributed by atoms with Crippen LogP contribution in [0, 0.1) is 17.7 Å². The van der Waals surface area contributed by atoms with Gasteiger partial charge in [0.2, 0.25) is 5.91 Å². The van der Waals surface area contributed by atoms with Gasteiger partial charge in [-0.1, -0.05) is 36.4 Å². The molecule has 28 heavy (non-hydrogen) atoms. The van der Waals surface area contributed by atoms with Crippen molar-refractivity contribution < 1.29 is 9.18 Å². The summed E-state index contributed by atoms with van der Waals surface area (Å²) in [4.78, 5) is 18.0. The highest BCUT2D eigenvalue weighted by Crippen LogP contribution is 2.38. The number of amides is 1. The Morgan fingerprint density at radius 2 is 1.75 bits per heavy atom. The molecular weight excluding hydrogens is 351 g/mol. The van der Waals surface area contributed by atoms with Crippen molar-refractivity contribution in [2.45, 2.75) is 31.7 Å². The predicted molar refractivity (Wildman–Crippen MR) is 107 cm³/mol. The van der Waals surface area contributed by atoms with E-state index in [-0.39, 0.29) is 17.8 Å². The molecule has 4 aliphatic rings. The third-order valence-corrected chi connectivity index (χ3v) is 7.02. The summed E-state index contributed by atoms with van der Waals surface area (Å²) in [5.74, 6) is 1.21. The van der Waals surface area contributed by atoms with Crippen LogP contribution in [0.25, 0.3) is 0 Å². The van der Waals surface area contributed by atoms with E-state index in [1.54, 1.807) is 0 Å². The van der Waals surface area contributed by atoms with Crippen LogP contribution in [0.3, 0.4) is 0 Å². The van der Waals surface area contributed by atoms with E-state index in [2.05, 4.69) is 23.1 Å². The topological polar surface area (TPSA) is 23.6 Å². The van der Waals surface area contributed by atoms with Gasteiger partial charge in [-0.25, -0.2) is 4.39 Å². The monoisotopic (exact) mass is 378 g/mol. The van der Waals surface area contributed by atoms with Crippen molar-refractivity contribution in [2.24, 2.45) is 11.8 Å². The SMILES string of the molecule is O=C(C[C@@H]1CN2CCC1CC2)N1CCc2ccccc2[C@@H]1c1ccc(F)cc1. The van der Waals surface area contributed by atoms with Gasteiger partial charge in [0.05, 0.1) is 6.04 Å². The first-order valence-electron chi connectivity index (χ1n) is 10.5. The van der Waals surface area contributed by atoms with Gasteiger partial charge >= 0.3 is 0 Å². The third-order valence-electron chi connectivity index (χ3n) is 7.02. The van der Waals surface area contributed by atoms with Crippen molar-refractivity contribution in [3.05, 3.63) is 71.0 Å². The maximum absolute atomic E-state index is 13.5. The van der Waals surface area contributed by atoms with Gasteiger partial charge in [0.15, 0.2) is 0 Å². The Labute approximate surface area is 166 Å². The highest BCUT2D eigenvalue weighted by atomic mass is 19.1. The van der Waals surface area contributed by atoms with Gasteiger partial charge in [-0.15, -0.1) is 0 Å². The molecule has 0 saturated carbocycles. The average Bonchev–Trinajstić information content (AvgIpc) is 2.74. The molecular formula is C24H27FN2O. The number of carbonyl (C=O) groups is 1. The lowest BCUT2D eigenvalue weighted by molar-refractivity contribution is -0.136. The fourth-order valence-electron chi connectivity index (χ4n) is 5.50. The highest BCUT2D eigenvalue weighted by Gasteiger charge is 2.38. The number of rotatable bonds is 3. The summed E-state index contributed by atoms with van der Waals surface area (Å²) in [6.45, 7) is 4.20. The smallest absolute Gasteiger partial charge is 0.223 e. The molecule has 0 radical (unpaired) electrons. The minimum atomic E-state index is -0.238. The molecule has 3 saturated heterocycles. The van der Waals surface area contributed by atoms with Crippen LogP contribution in [-0.4, -0.2) is 41.9 Å². The summed E-state index contributed by atoms with van der Waals surface area (Å²) in [6.07, 6.45) is 4.01. The van der Waals surface area contributed by atoms with Gasteiger partial charge in [-0.2, -0.15) is 0 Å². The molecule has 4 aliphatic heterocycles. The fraction of sp³-hybridized carbons (Fsp3) is 0.458. The Morgan fingerprint density at radius 1 is 1.00 bits per heavy atom. The van der Waals surface area contributed by atoms with Crippen LogP contribution < -0.4 is 0 Å². The molecule has 0 spiro atoms. The molecule has 4 heterocycles. The van der Waals surface area contributed by atoms with Crippen LogP contribution in [0.1, 0.15) is 42.0 Å². The molecule has 3 fully saturated rings. The molecule has 0 unspecified atom stereocenters. The highest BCUT2D eigenvalue weighted by molar-refractivity contribution is 5.78. The molecule has 2 aromatic rings. The Morgan fingerprint density at radius 3 is 2.46 bits per heavy atom. The van der Waals surface area contributed by atoms with E-state index < -0.39 is 0 Å². The Kier molecular flexibility index (Phi) is 4.67. The molecule has 146 valence electrons. The van der Waals surface area contributed by atoms with E-state index in [0.717, 1.165) is 25.1 Å². The van der Waals surface area contributed by atoms with Crippen molar-refractivity contribution >= 4 is 5.91 Å². The maximum atomic E-state index is 13.5. The summed E-state index contributed by atoms with van der Waals surface area (Å²) < 4.78 is 13.5. The van der Waals surface area contributed by atoms with Crippen LogP contribution in [0.15, 0.2) is 48.5 Å². The number of hydrogen-bond acceptors (Lipinski definition) is 2. The molecule has 0 N–H and O–H groups in total. The molecule has 1 amide bonds. The lowest BCUT2D eigenvalue weighted by Crippen LogP contribution is -2.49. The molecule has 2 aromatic carbocycles. The Hall–Kier alpha value is -2.20. The zero-order valence-electron chi connectivity index (χ0n) is 16.2. The van der Waals surface area contributed by atoms with Gasteiger partial charge in [-0.05, 0) is 73.0 Å². The van der Waals surface area contributed by atoms with Crippen molar-refractivity contribution in [3.63, 3.8) is 0 Å². The van der Waals surface area contributed by atoms with E-state index in [4.69, 9.17) is 0 Å². The van der Waals surface area contributed by atoms with Crippen molar-refractivity contribution in [3.8, 4) is 0 Å². The summed E-state index contributed by atoms with van der Waals surface area (Å²) in [7, 11) is 0. The molecule has 2 atom stereocenters. The van der Waals surface area contributed by atoms with Crippen molar-refractivity contribution in [1.82, 2.24) is 9.80 Å². The Bertz CT molecular complexity index is 857. The number of fused-ring (bicyclic) bond motifs is 4. The first-order valence-corrected chi connectivity index (χ1v) is 10.5. The lowest BCUT2D eigenvalue weighted by Gasteiger charge is -2.46. The minimum absolute atomic E-state index is 0.112. The fourth-order valence-corrected chi connectivity index (χ4v) is 5.50. The zero-order valence-corrected chi connectivity index (χ0v) is 16.2. The molecule has 6 rings (SSSR count). The number of benzene rings is 2. The summed E-state index contributed by atoms with van der Waals surface area (Å²) in [6, 6.07) is 14.9. The van der Waals surface area contributed by atoms with Gasteiger partial charge in [0.25, 0.3) is 0 Å². The number of hydrogen-bond donors (Lipinski definition) is 0. The van der Waals surface area contributed by atoms with E-state index in [9.17, 15) is 9.18 Å². The predicted octanol–water partition coefficient (Wildman–Crippen LogP) is 4.03.